The van der Waals surface area contributed by atoms with Crippen molar-refractivity contribution >= 4 is 22.7 Å². The van der Waals surface area contributed by atoms with Crippen LogP contribution in [0.3, 0.4) is 0 Å². The molecule has 0 saturated carbocycles. The third-order valence-corrected chi connectivity index (χ3v) is 5.47. The van der Waals surface area contributed by atoms with Crippen LogP contribution in [0.15, 0.2) is 30.5 Å². The molecule has 1 aromatic heterocycles. The molecule has 2 aromatic rings. The molecule has 29 heavy (non-hydrogen) atoms. The van der Waals surface area contributed by atoms with Crippen LogP contribution in [-0.2, 0) is 4.79 Å². The predicted octanol–water partition coefficient (Wildman–Crippen LogP) is 3.98. The van der Waals surface area contributed by atoms with E-state index >= 15 is 0 Å². The second-order valence-electron chi connectivity index (χ2n) is 8.33. The molecule has 3 rings (SSSR count). The summed E-state index contributed by atoms with van der Waals surface area (Å²) in [6.45, 7) is 6.84. The molecule has 0 aliphatic carbocycles. The summed E-state index contributed by atoms with van der Waals surface area (Å²) >= 11 is 0. The maximum Gasteiger partial charge on any atom is 0.267 e. The first-order valence-electron chi connectivity index (χ1n) is 9.94. The van der Waals surface area contributed by atoms with Crippen molar-refractivity contribution in [2.45, 2.75) is 52.0 Å². The van der Waals surface area contributed by atoms with E-state index in [2.05, 4.69) is 24.1 Å². The average molecular weight is 403 g/mol. The van der Waals surface area contributed by atoms with Gasteiger partial charge < -0.3 is 10.2 Å². The van der Waals surface area contributed by atoms with Crippen molar-refractivity contribution < 1.29 is 18.4 Å². The number of hydrogen-bond donors (Lipinski definition) is 1. The first-order valence-corrected chi connectivity index (χ1v) is 9.94. The fourth-order valence-corrected chi connectivity index (χ4v) is 3.93. The average Bonchev–Trinajstić information content (AvgIpc) is 3.00. The monoisotopic (exact) mass is 403 g/mol. The normalized spacial score (nSPS) is 18.6. The van der Waals surface area contributed by atoms with Crippen molar-refractivity contribution in [3.05, 3.63) is 41.6 Å². The summed E-state index contributed by atoms with van der Waals surface area (Å²) in [7, 11) is 0. The molecular weight excluding hydrogens is 376 g/mol. The van der Waals surface area contributed by atoms with Gasteiger partial charge in [0.15, 0.2) is 0 Å². The Labute approximate surface area is 169 Å². The number of pyridine rings is 1. The molecule has 1 unspecified atom stereocenters. The Morgan fingerprint density at radius 3 is 2.62 bits per heavy atom. The van der Waals surface area contributed by atoms with Gasteiger partial charge in [-0.2, -0.15) is 0 Å². The highest BCUT2D eigenvalue weighted by Crippen LogP contribution is 2.35. The van der Waals surface area contributed by atoms with Crippen LogP contribution in [0.5, 0.6) is 0 Å². The molecule has 1 saturated heterocycles. The molecule has 156 valence electrons. The highest BCUT2D eigenvalue weighted by molar-refractivity contribution is 6.07. The maximum absolute atomic E-state index is 13.8. The topological polar surface area (TPSA) is 62.3 Å². The summed E-state index contributed by atoms with van der Waals surface area (Å²) in [6, 6.07) is 6.75. The number of rotatable bonds is 5. The van der Waals surface area contributed by atoms with E-state index in [0.717, 1.165) is 11.1 Å². The fraction of sp³-hybridized carbons (Fsp3) is 0.500. The van der Waals surface area contributed by atoms with Gasteiger partial charge in [0.05, 0.1) is 24.2 Å². The van der Waals surface area contributed by atoms with Gasteiger partial charge in [0.1, 0.15) is 0 Å². The lowest BCUT2D eigenvalue weighted by Gasteiger charge is -2.26. The van der Waals surface area contributed by atoms with Crippen LogP contribution >= 0.6 is 0 Å². The molecule has 5 nitrogen and oxygen atoms in total. The molecule has 0 spiro atoms. The molecule has 2 amide bonds. The van der Waals surface area contributed by atoms with Crippen molar-refractivity contribution in [3.63, 3.8) is 0 Å². The number of carbonyl (C=O) groups excluding carboxylic acids is 2. The Morgan fingerprint density at radius 2 is 1.97 bits per heavy atom. The van der Waals surface area contributed by atoms with Crippen LogP contribution in [0.25, 0.3) is 10.9 Å². The lowest BCUT2D eigenvalue weighted by molar-refractivity contribution is -0.132. The van der Waals surface area contributed by atoms with Crippen LogP contribution in [0.2, 0.25) is 0 Å². The van der Waals surface area contributed by atoms with Gasteiger partial charge >= 0.3 is 0 Å². The van der Waals surface area contributed by atoms with Gasteiger partial charge in [-0.05, 0) is 23.5 Å². The number of carbonyl (C=O) groups is 2. The summed E-state index contributed by atoms with van der Waals surface area (Å²) in [6.07, 6.45) is 1.23. The number of hydrogen-bond acceptors (Lipinski definition) is 3. The minimum absolute atomic E-state index is 0.0818. The Morgan fingerprint density at radius 1 is 1.24 bits per heavy atom. The number of fused-ring (bicyclic) bond motifs is 1. The summed E-state index contributed by atoms with van der Waals surface area (Å²) in [5.41, 5.74) is 2.20. The van der Waals surface area contributed by atoms with Crippen molar-refractivity contribution in [1.29, 1.82) is 0 Å². The van der Waals surface area contributed by atoms with E-state index in [1.165, 1.54) is 4.90 Å². The smallest absolute Gasteiger partial charge is 0.267 e. The maximum atomic E-state index is 13.8. The second-order valence-corrected chi connectivity index (χ2v) is 8.33. The Kier molecular flexibility index (Phi) is 5.87. The van der Waals surface area contributed by atoms with Crippen LogP contribution < -0.4 is 5.32 Å². The number of para-hydroxylation sites is 1. The minimum atomic E-state index is -2.89. The summed E-state index contributed by atoms with van der Waals surface area (Å²) in [5.74, 6) is -3.63. The van der Waals surface area contributed by atoms with Crippen LogP contribution in [0.4, 0.5) is 8.78 Å². The number of alkyl halides is 2. The molecule has 0 radical (unpaired) electrons. The third-order valence-electron chi connectivity index (χ3n) is 5.47. The number of halogens is 2. The van der Waals surface area contributed by atoms with Crippen LogP contribution in [0, 0.1) is 5.92 Å². The Hall–Kier alpha value is -2.57. The van der Waals surface area contributed by atoms with Gasteiger partial charge in [-0.3, -0.25) is 14.6 Å². The quantitative estimate of drug-likeness (QED) is 0.821. The number of amides is 2. The fourth-order valence-electron chi connectivity index (χ4n) is 3.93. The number of benzene rings is 1. The van der Waals surface area contributed by atoms with E-state index in [1.807, 2.05) is 32.0 Å². The molecule has 1 atom stereocenters. The molecule has 0 bridgehead atoms. The van der Waals surface area contributed by atoms with Crippen LogP contribution in [-0.4, -0.2) is 46.8 Å². The largest absolute Gasteiger partial charge is 0.343 e. The first-order chi connectivity index (χ1) is 13.6. The predicted molar refractivity (Wildman–Crippen MR) is 108 cm³/mol. The molecular formula is C22H27F2N3O2. The van der Waals surface area contributed by atoms with Gasteiger partial charge in [-0.15, -0.1) is 0 Å². The lowest BCUT2D eigenvalue weighted by Crippen LogP contribution is -2.44. The SMILES string of the molecule is CC(C)c1cccc2c(C(=O)NCC(=O)N3CC(F)(F)CC3C(C)C)ccnc12. The van der Waals surface area contributed by atoms with E-state index in [4.69, 9.17) is 0 Å². The van der Waals surface area contributed by atoms with Crippen molar-refractivity contribution in [3.8, 4) is 0 Å². The first kappa shape index (κ1) is 21.1. The van der Waals surface area contributed by atoms with E-state index in [9.17, 15) is 18.4 Å². The van der Waals surface area contributed by atoms with Gasteiger partial charge in [0.2, 0.25) is 5.91 Å². The number of likely N-dealkylation sites (tertiary alicyclic amines) is 1. The molecule has 7 heteroatoms. The van der Waals surface area contributed by atoms with E-state index in [0.29, 0.717) is 10.9 Å². The van der Waals surface area contributed by atoms with Crippen molar-refractivity contribution in [2.75, 3.05) is 13.1 Å². The summed E-state index contributed by atoms with van der Waals surface area (Å²) < 4.78 is 27.6. The minimum Gasteiger partial charge on any atom is -0.343 e. The molecule has 1 aliphatic rings. The number of aromatic nitrogens is 1. The van der Waals surface area contributed by atoms with Crippen molar-refractivity contribution in [2.24, 2.45) is 5.92 Å². The van der Waals surface area contributed by atoms with Gasteiger partial charge in [-0.25, -0.2) is 8.78 Å². The zero-order valence-corrected chi connectivity index (χ0v) is 17.2. The molecule has 1 aromatic carbocycles. The second kappa shape index (κ2) is 8.05. The highest BCUT2D eigenvalue weighted by atomic mass is 19.3. The Bertz CT molecular complexity index is 927. The van der Waals surface area contributed by atoms with Gasteiger partial charge in [0.25, 0.3) is 11.8 Å². The van der Waals surface area contributed by atoms with E-state index in [-0.39, 0.29) is 24.8 Å². The third kappa shape index (κ3) is 4.38. The number of nitrogens with one attached hydrogen (secondary N) is 1. The standard InChI is InChI=1S/C22H27F2N3O2/c1-13(2)15-6-5-7-16-17(8-9-25-20(15)16)21(29)26-11-19(28)27-12-22(23,24)10-18(27)14(3)4/h5-9,13-14,18H,10-12H2,1-4H3,(H,26,29). The number of nitrogens with zero attached hydrogens (tertiary/aromatic N) is 2. The Balaban J connectivity index is 1.76. The highest BCUT2D eigenvalue weighted by Gasteiger charge is 2.47. The van der Waals surface area contributed by atoms with Gasteiger partial charge in [-0.1, -0.05) is 45.9 Å². The van der Waals surface area contributed by atoms with E-state index in [1.54, 1.807) is 12.3 Å². The van der Waals surface area contributed by atoms with E-state index < -0.39 is 30.3 Å². The molecule has 1 fully saturated rings. The summed E-state index contributed by atoms with van der Waals surface area (Å²) in [5, 5.41) is 3.31. The zero-order chi connectivity index (χ0) is 21.3. The summed E-state index contributed by atoms with van der Waals surface area (Å²) in [4.78, 5) is 30.9. The van der Waals surface area contributed by atoms with Crippen molar-refractivity contribution in [1.82, 2.24) is 15.2 Å². The molecule has 2 heterocycles. The molecule has 1 N–H and O–H groups in total. The molecule has 1 aliphatic heterocycles. The van der Waals surface area contributed by atoms with Crippen LogP contribution in [0.1, 0.15) is 56.0 Å². The van der Waals surface area contributed by atoms with Gasteiger partial charge in [0, 0.05) is 24.0 Å². The lowest BCUT2D eigenvalue weighted by atomic mass is 9.97. The zero-order valence-electron chi connectivity index (χ0n) is 17.2.